The van der Waals surface area contributed by atoms with Crippen molar-refractivity contribution in [3.8, 4) is 34.3 Å². The number of methoxy groups -OCH3 is 2. The van der Waals surface area contributed by atoms with E-state index in [2.05, 4.69) is 20.4 Å². The molecular weight excluding hydrogens is 438 g/mol. The van der Waals surface area contributed by atoms with Gasteiger partial charge in [0.1, 0.15) is 11.5 Å². The van der Waals surface area contributed by atoms with Crippen molar-refractivity contribution >= 4 is 17.5 Å². The van der Waals surface area contributed by atoms with Crippen molar-refractivity contribution in [3.63, 3.8) is 0 Å². The molecule has 2 amide bonds. The number of urea groups is 1. The van der Waals surface area contributed by atoms with Gasteiger partial charge in [0, 0.05) is 37.8 Å². The van der Waals surface area contributed by atoms with Crippen molar-refractivity contribution in [2.24, 2.45) is 0 Å². The molecule has 2 aromatic carbocycles. The van der Waals surface area contributed by atoms with Crippen LogP contribution in [0.3, 0.4) is 0 Å². The lowest BCUT2D eigenvalue weighted by molar-refractivity contribution is 0.174. The van der Waals surface area contributed by atoms with E-state index in [1.807, 2.05) is 30.3 Å². The second kappa shape index (κ2) is 9.34. The van der Waals surface area contributed by atoms with Gasteiger partial charge in [-0.2, -0.15) is 0 Å². The Morgan fingerprint density at radius 2 is 1.74 bits per heavy atom. The summed E-state index contributed by atoms with van der Waals surface area (Å²) in [5.74, 6) is 3.44. The lowest BCUT2D eigenvalue weighted by Crippen LogP contribution is -2.50. The van der Waals surface area contributed by atoms with Crippen LogP contribution in [0.4, 0.5) is 16.3 Å². The van der Waals surface area contributed by atoms with Crippen molar-refractivity contribution in [2.75, 3.05) is 57.4 Å². The highest BCUT2D eigenvalue weighted by Gasteiger charge is 2.23. The van der Waals surface area contributed by atoms with E-state index in [0.717, 1.165) is 22.8 Å². The molecule has 0 radical (unpaired) electrons. The summed E-state index contributed by atoms with van der Waals surface area (Å²) in [6.07, 6.45) is 0. The number of hydrogen-bond acceptors (Lipinski definition) is 8. The van der Waals surface area contributed by atoms with E-state index in [0.29, 0.717) is 49.1 Å². The second-order valence-corrected chi connectivity index (χ2v) is 7.82. The van der Waals surface area contributed by atoms with E-state index >= 15 is 0 Å². The minimum atomic E-state index is -0.185. The molecular formula is C24H25N5O5. The molecule has 1 saturated heterocycles. The third kappa shape index (κ3) is 4.34. The molecule has 2 aliphatic heterocycles. The van der Waals surface area contributed by atoms with Crippen LogP contribution in [0.2, 0.25) is 0 Å². The third-order valence-electron chi connectivity index (χ3n) is 5.86. The Balaban J connectivity index is 1.19. The molecule has 1 fully saturated rings. The number of carbonyl (C=O) groups excluding carboxylic acids is 1. The van der Waals surface area contributed by atoms with Crippen LogP contribution in [0.25, 0.3) is 11.3 Å². The van der Waals surface area contributed by atoms with Crippen molar-refractivity contribution in [2.45, 2.75) is 0 Å². The number of piperazine rings is 1. The number of benzene rings is 2. The highest BCUT2D eigenvalue weighted by atomic mass is 16.7. The van der Waals surface area contributed by atoms with Crippen LogP contribution in [-0.2, 0) is 0 Å². The molecule has 3 heterocycles. The van der Waals surface area contributed by atoms with Gasteiger partial charge in [0.25, 0.3) is 0 Å². The SMILES string of the molecule is COc1ccc(OC)c(NC(=O)N2CCN(c3ccc(-c4ccc5c(c4)OCO5)nn3)CC2)c1. The number of fused-ring (bicyclic) bond motifs is 1. The van der Waals surface area contributed by atoms with Crippen molar-refractivity contribution in [1.29, 1.82) is 0 Å². The first-order chi connectivity index (χ1) is 16.6. The van der Waals surface area contributed by atoms with Crippen LogP contribution in [0.15, 0.2) is 48.5 Å². The molecule has 34 heavy (non-hydrogen) atoms. The molecule has 0 atom stereocenters. The smallest absolute Gasteiger partial charge is 0.322 e. The average Bonchev–Trinajstić information content (AvgIpc) is 3.37. The number of ether oxygens (including phenoxy) is 4. The lowest BCUT2D eigenvalue weighted by Gasteiger charge is -2.35. The Labute approximate surface area is 197 Å². The number of amides is 2. The summed E-state index contributed by atoms with van der Waals surface area (Å²) in [6, 6.07) is 14.7. The topological polar surface area (TPSA) is 98.3 Å². The highest BCUT2D eigenvalue weighted by Crippen LogP contribution is 2.35. The van der Waals surface area contributed by atoms with E-state index in [1.165, 1.54) is 0 Å². The van der Waals surface area contributed by atoms with Gasteiger partial charge in [-0.05, 0) is 42.5 Å². The van der Waals surface area contributed by atoms with Crippen LogP contribution in [0.1, 0.15) is 0 Å². The first kappa shape index (κ1) is 21.6. The number of anilines is 2. The van der Waals surface area contributed by atoms with E-state index in [9.17, 15) is 4.79 Å². The predicted octanol–water partition coefficient (Wildman–Crippen LogP) is 3.24. The summed E-state index contributed by atoms with van der Waals surface area (Å²) in [4.78, 5) is 16.7. The fourth-order valence-electron chi connectivity index (χ4n) is 3.95. The molecule has 10 heteroatoms. The van der Waals surface area contributed by atoms with Gasteiger partial charge in [0.2, 0.25) is 6.79 Å². The number of hydrogen-bond donors (Lipinski definition) is 1. The Hall–Kier alpha value is -4.21. The van der Waals surface area contributed by atoms with Gasteiger partial charge < -0.3 is 34.1 Å². The van der Waals surface area contributed by atoms with Gasteiger partial charge in [0.15, 0.2) is 17.3 Å². The number of nitrogens with one attached hydrogen (secondary N) is 1. The maximum absolute atomic E-state index is 12.8. The molecule has 10 nitrogen and oxygen atoms in total. The largest absolute Gasteiger partial charge is 0.497 e. The van der Waals surface area contributed by atoms with Gasteiger partial charge in [-0.25, -0.2) is 4.79 Å². The first-order valence-electron chi connectivity index (χ1n) is 10.9. The van der Waals surface area contributed by atoms with Crippen molar-refractivity contribution in [3.05, 3.63) is 48.5 Å². The Morgan fingerprint density at radius 1 is 0.912 bits per heavy atom. The van der Waals surface area contributed by atoms with Crippen LogP contribution in [0.5, 0.6) is 23.0 Å². The Bertz CT molecular complexity index is 1180. The molecule has 3 aromatic rings. The molecule has 2 aliphatic rings. The number of carbonyl (C=O) groups is 1. The van der Waals surface area contributed by atoms with Gasteiger partial charge in [-0.15, -0.1) is 10.2 Å². The summed E-state index contributed by atoms with van der Waals surface area (Å²) in [5, 5.41) is 11.7. The molecule has 1 N–H and O–H groups in total. The van der Waals surface area contributed by atoms with Crippen LogP contribution in [-0.4, -0.2) is 68.3 Å². The second-order valence-electron chi connectivity index (χ2n) is 7.82. The Morgan fingerprint density at radius 3 is 2.47 bits per heavy atom. The monoisotopic (exact) mass is 463 g/mol. The molecule has 0 saturated carbocycles. The van der Waals surface area contributed by atoms with Gasteiger partial charge >= 0.3 is 6.03 Å². The molecule has 0 unspecified atom stereocenters. The molecule has 1 aromatic heterocycles. The van der Waals surface area contributed by atoms with Gasteiger partial charge in [-0.3, -0.25) is 0 Å². The normalized spacial score (nSPS) is 14.6. The third-order valence-corrected chi connectivity index (χ3v) is 5.86. The molecule has 0 spiro atoms. The van der Waals surface area contributed by atoms with E-state index < -0.39 is 0 Å². The van der Waals surface area contributed by atoms with E-state index in [4.69, 9.17) is 18.9 Å². The summed E-state index contributed by atoms with van der Waals surface area (Å²) in [6.45, 7) is 2.66. The molecule has 5 rings (SSSR count). The quantitative estimate of drug-likeness (QED) is 0.616. The summed E-state index contributed by atoms with van der Waals surface area (Å²) in [7, 11) is 3.15. The molecule has 0 bridgehead atoms. The minimum Gasteiger partial charge on any atom is -0.497 e. The predicted molar refractivity (Wildman–Crippen MR) is 126 cm³/mol. The van der Waals surface area contributed by atoms with Crippen molar-refractivity contribution < 1.29 is 23.7 Å². The maximum atomic E-state index is 12.8. The lowest BCUT2D eigenvalue weighted by atomic mass is 10.1. The molecule has 0 aliphatic carbocycles. The first-order valence-corrected chi connectivity index (χ1v) is 10.9. The fourth-order valence-corrected chi connectivity index (χ4v) is 3.95. The number of aromatic nitrogens is 2. The average molecular weight is 463 g/mol. The van der Waals surface area contributed by atoms with Crippen LogP contribution < -0.4 is 29.2 Å². The fraction of sp³-hybridized carbons (Fsp3) is 0.292. The minimum absolute atomic E-state index is 0.185. The van der Waals surface area contributed by atoms with E-state index in [-0.39, 0.29) is 12.8 Å². The van der Waals surface area contributed by atoms with Crippen LogP contribution in [0, 0.1) is 0 Å². The summed E-state index contributed by atoms with van der Waals surface area (Å²) < 4.78 is 21.4. The zero-order valence-electron chi connectivity index (χ0n) is 19.0. The maximum Gasteiger partial charge on any atom is 0.322 e. The van der Waals surface area contributed by atoms with E-state index in [1.54, 1.807) is 37.3 Å². The Kier molecular flexibility index (Phi) is 5.94. The molecule has 176 valence electrons. The number of nitrogens with zero attached hydrogens (tertiary/aromatic N) is 4. The van der Waals surface area contributed by atoms with Gasteiger partial charge in [-0.1, -0.05) is 0 Å². The van der Waals surface area contributed by atoms with Crippen molar-refractivity contribution in [1.82, 2.24) is 15.1 Å². The summed E-state index contributed by atoms with van der Waals surface area (Å²) >= 11 is 0. The number of rotatable bonds is 5. The highest BCUT2D eigenvalue weighted by molar-refractivity contribution is 5.91. The van der Waals surface area contributed by atoms with Gasteiger partial charge in [0.05, 0.1) is 25.6 Å². The van der Waals surface area contributed by atoms with Crippen LogP contribution >= 0.6 is 0 Å². The zero-order valence-corrected chi connectivity index (χ0v) is 19.0. The summed E-state index contributed by atoms with van der Waals surface area (Å²) in [5.41, 5.74) is 2.24. The zero-order chi connectivity index (χ0) is 23.5. The standard InChI is InChI=1S/C24H25N5O5/c1-31-17-4-7-20(32-2)19(14-17)25-24(30)29-11-9-28(10-12-29)23-8-5-18(26-27-23)16-3-6-21-22(13-16)34-15-33-21/h3-8,13-14H,9-12,15H2,1-2H3,(H,25,30).